The van der Waals surface area contributed by atoms with E-state index in [2.05, 4.69) is 10.1 Å². The lowest BCUT2D eigenvalue weighted by Gasteiger charge is -2.03. The molecule has 2 heterocycles. The van der Waals surface area contributed by atoms with Crippen LogP contribution in [0.25, 0.3) is 22.2 Å². The van der Waals surface area contributed by atoms with E-state index < -0.39 is 5.91 Å². The summed E-state index contributed by atoms with van der Waals surface area (Å²) >= 11 is 0. The van der Waals surface area contributed by atoms with Gasteiger partial charge in [0.05, 0.1) is 18.7 Å². The lowest BCUT2D eigenvalue weighted by atomic mass is 10.1. The first kappa shape index (κ1) is 15.0. The zero-order valence-corrected chi connectivity index (χ0v) is 12.7. The molecule has 0 atom stereocenters. The molecule has 1 aromatic carbocycles. The zero-order valence-electron chi connectivity index (χ0n) is 12.7. The fourth-order valence-electron chi connectivity index (χ4n) is 2.55. The van der Waals surface area contributed by atoms with Crippen molar-refractivity contribution >= 4 is 22.6 Å². The molecule has 0 fully saturated rings. The Morgan fingerprint density at radius 3 is 2.83 bits per heavy atom. The van der Waals surface area contributed by atoms with Gasteiger partial charge in [-0.15, -0.1) is 0 Å². The molecule has 7 heteroatoms. The van der Waals surface area contributed by atoms with E-state index in [1.165, 1.54) is 4.68 Å². The molecule has 23 heavy (non-hydrogen) atoms. The molecule has 1 amide bonds. The first-order valence-electron chi connectivity index (χ1n) is 7.15. The van der Waals surface area contributed by atoms with Crippen molar-refractivity contribution in [1.29, 1.82) is 0 Å². The van der Waals surface area contributed by atoms with E-state index >= 15 is 0 Å². The molecule has 0 unspecified atom stereocenters. The van der Waals surface area contributed by atoms with Gasteiger partial charge in [-0.3, -0.25) is 9.78 Å². The number of hydrogen-bond donors (Lipinski definition) is 3. The van der Waals surface area contributed by atoms with Gasteiger partial charge < -0.3 is 16.6 Å². The number of aromatic nitrogens is 3. The summed E-state index contributed by atoms with van der Waals surface area (Å²) in [6.45, 7) is 2.04. The number of nitrogens with zero attached hydrogens (tertiary/aromatic N) is 3. The summed E-state index contributed by atoms with van der Waals surface area (Å²) in [4.78, 5) is 16.2. The number of hydrogen-bond acceptors (Lipinski definition) is 5. The first-order chi connectivity index (χ1) is 11.0. The van der Waals surface area contributed by atoms with Gasteiger partial charge in [0, 0.05) is 17.1 Å². The molecule has 0 saturated heterocycles. The van der Waals surface area contributed by atoms with E-state index in [1.807, 2.05) is 31.2 Å². The lowest BCUT2D eigenvalue weighted by Crippen LogP contribution is -2.15. The molecule has 0 radical (unpaired) electrons. The number of carbonyl (C=O) groups is 1. The molecule has 0 aliphatic rings. The monoisotopic (exact) mass is 311 g/mol. The molecule has 0 saturated carbocycles. The molecule has 5 N–H and O–H groups in total. The van der Waals surface area contributed by atoms with Crippen LogP contribution in [0, 0.1) is 6.92 Å². The number of amides is 1. The molecular formula is C16H17N5O2. The Kier molecular flexibility index (Phi) is 3.71. The van der Waals surface area contributed by atoms with Crippen LogP contribution in [0.2, 0.25) is 0 Å². The summed E-state index contributed by atoms with van der Waals surface area (Å²) in [5.41, 5.74) is 14.5. The second kappa shape index (κ2) is 5.69. The predicted molar refractivity (Wildman–Crippen MR) is 87.7 cm³/mol. The van der Waals surface area contributed by atoms with Gasteiger partial charge in [-0.2, -0.15) is 5.10 Å². The number of nitrogens with two attached hydrogens (primary N) is 2. The normalized spacial score (nSPS) is 11.0. The molecule has 2 aromatic heterocycles. The smallest absolute Gasteiger partial charge is 0.254 e. The lowest BCUT2D eigenvalue weighted by molar-refractivity contribution is 0.100. The molecule has 7 nitrogen and oxygen atoms in total. The zero-order chi connectivity index (χ0) is 16.6. The Morgan fingerprint density at radius 2 is 2.13 bits per heavy atom. The Morgan fingerprint density at radius 1 is 1.35 bits per heavy atom. The van der Waals surface area contributed by atoms with Crippen LogP contribution in [0.1, 0.15) is 15.9 Å². The van der Waals surface area contributed by atoms with Crippen LogP contribution in [0.5, 0.6) is 0 Å². The standard InChI is InChI=1S/C16H17N5O2/c1-9-2-3-10-7-11(8-19-12(10)6-9)14-13(16(18)23)15(17)21(20-14)4-5-22/h2-3,6-8,22H,4-5,17H2,1H3,(H2,18,23). The fraction of sp³-hybridized carbons (Fsp3) is 0.188. The molecule has 0 bridgehead atoms. The van der Waals surface area contributed by atoms with Crippen molar-refractivity contribution in [2.24, 2.45) is 5.73 Å². The highest BCUT2D eigenvalue weighted by Gasteiger charge is 2.21. The number of nitrogen functional groups attached to an aromatic ring is 1. The highest BCUT2D eigenvalue weighted by molar-refractivity contribution is 6.03. The van der Waals surface area contributed by atoms with E-state index in [4.69, 9.17) is 16.6 Å². The third-order valence-corrected chi connectivity index (χ3v) is 3.66. The number of fused-ring (bicyclic) bond motifs is 1. The third-order valence-electron chi connectivity index (χ3n) is 3.66. The minimum Gasteiger partial charge on any atom is -0.394 e. The largest absolute Gasteiger partial charge is 0.394 e. The Labute approximate surface area is 132 Å². The van der Waals surface area contributed by atoms with Crippen molar-refractivity contribution in [3.05, 3.63) is 41.6 Å². The average Bonchev–Trinajstić information content (AvgIpc) is 2.84. The van der Waals surface area contributed by atoms with E-state index in [-0.39, 0.29) is 24.5 Å². The summed E-state index contributed by atoms with van der Waals surface area (Å²) in [6, 6.07) is 7.81. The predicted octanol–water partition coefficient (Wildman–Crippen LogP) is 1.08. The van der Waals surface area contributed by atoms with Crippen LogP contribution in [0.3, 0.4) is 0 Å². The van der Waals surface area contributed by atoms with Gasteiger partial charge in [-0.05, 0) is 24.6 Å². The summed E-state index contributed by atoms with van der Waals surface area (Å²) in [5, 5.41) is 14.3. The van der Waals surface area contributed by atoms with Gasteiger partial charge in [-0.25, -0.2) is 4.68 Å². The van der Waals surface area contributed by atoms with Crippen LogP contribution >= 0.6 is 0 Å². The third kappa shape index (κ3) is 2.62. The van der Waals surface area contributed by atoms with Crippen molar-refractivity contribution in [2.75, 3.05) is 12.3 Å². The molecule has 118 valence electrons. The van der Waals surface area contributed by atoms with Gasteiger partial charge in [0.25, 0.3) is 5.91 Å². The Balaban J connectivity index is 2.19. The summed E-state index contributed by atoms with van der Waals surface area (Å²) in [5.74, 6) is -0.517. The SMILES string of the molecule is Cc1ccc2cc(-c3nn(CCO)c(N)c3C(N)=O)cnc2c1. The molecule has 0 aliphatic carbocycles. The van der Waals surface area contributed by atoms with Gasteiger partial charge in [0.2, 0.25) is 0 Å². The molecule has 3 aromatic rings. The Bertz CT molecular complexity index is 901. The van der Waals surface area contributed by atoms with E-state index in [0.29, 0.717) is 11.3 Å². The number of aryl methyl sites for hydroxylation is 1. The maximum Gasteiger partial charge on any atom is 0.254 e. The number of benzene rings is 1. The second-order valence-electron chi connectivity index (χ2n) is 5.34. The molecule has 3 rings (SSSR count). The number of anilines is 1. The van der Waals surface area contributed by atoms with Crippen molar-refractivity contribution in [3.8, 4) is 11.3 Å². The average molecular weight is 311 g/mol. The maximum absolute atomic E-state index is 11.7. The first-order valence-corrected chi connectivity index (χ1v) is 7.15. The van der Waals surface area contributed by atoms with Gasteiger partial charge in [-0.1, -0.05) is 12.1 Å². The molecule has 0 aliphatic heterocycles. The number of carbonyl (C=O) groups excluding carboxylic acids is 1. The van der Waals surface area contributed by atoms with Crippen LogP contribution in [0.15, 0.2) is 30.5 Å². The van der Waals surface area contributed by atoms with Crippen molar-refractivity contribution in [1.82, 2.24) is 14.8 Å². The summed E-state index contributed by atoms with van der Waals surface area (Å²) in [7, 11) is 0. The fourth-order valence-corrected chi connectivity index (χ4v) is 2.55. The van der Waals surface area contributed by atoms with Crippen LogP contribution in [0.4, 0.5) is 5.82 Å². The minimum absolute atomic E-state index is 0.140. The van der Waals surface area contributed by atoms with Crippen molar-refractivity contribution < 1.29 is 9.90 Å². The van der Waals surface area contributed by atoms with Gasteiger partial charge in [0.15, 0.2) is 0 Å². The van der Waals surface area contributed by atoms with E-state index in [0.717, 1.165) is 16.5 Å². The van der Waals surface area contributed by atoms with Crippen LogP contribution in [-0.2, 0) is 6.54 Å². The number of aliphatic hydroxyl groups is 1. The number of aliphatic hydroxyl groups excluding tert-OH is 1. The van der Waals surface area contributed by atoms with E-state index in [1.54, 1.807) is 6.20 Å². The van der Waals surface area contributed by atoms with Crippen LogP contribution < -0.4 is 11.5 Å². The molecule has 0 spiro atoms. The van der Waals surface area contributed by atoms with Gasteiger partial charge >= 0.3 is 0 Å². The molecular weight excluding hydrogens is 294 g/mol. The minimum atomic E-state index is -0.661. The second-order valence-corrected chi connectivity index (χ2v) is 5.34. The van der Waals surface area contributed by atoms with Crippen molar-refractivity contribution in [3.63, 3.8) is 0 Å². The number of primary amides is 1. The van der Waals surface area contributed by atoms with Crippen molar-refractivity contribution in [2.45, 2.75) is 13.5 Å². The van der Waals surface area contributed by atoms with E-state index in [9.17, 15) is 4.79 Å². The maximum atomic E-state index is 11.7. The number of rotatable bonds is 4. The highest BCUT2D eigenvalue weighted by atomic mass is 16.3. The number of pyridine rings is 1. The highest BCUT2D eigenvalue weighted by Crippen LogP contribution is 2.28. The Hall–Kier alpha value is -2.93. The summed E-state index contributed by atoms with van der Waals surface area (Å²) in [6.07, 6.45) is 1.64. The topological polar surface area (TPSA) is 120 Å². The summed E-state index contributed by atoms with van der Waals surface area (Å²) < 4.78 is 1.37. The quantitative estimate of drug-likeness (QED) is 0.666. The van der Waals surface area contributed by atoms with Gasteiger partial charge in [0.1, 0.15) is 17.1 Å². The van der Waals surface area contributed by atoms with Crippen LogP contribution in [-0.4, -0.2) is 32.4 Å².